The summed E-state index contributed by atoms with van der Waals surface area (Å²) < 4.78 is 7.68. The van der Waals surface area contributed by atoms with Gasteiger partial charge < -0.3 is 9.13 Å². The van der Waals surface area contributed by atoms with Gasteiger partial charge in [0, 0.05) is 59.0 Å². The molecule has 0 radical (unpaired) electrons. The minimum Gasteiger partial charge on any atom is -0.313 e. The van der Waals surface area contributed by atoms with Gasteiger partial charge in [0.15, 0.2) is 0 Å². The molecule has 1 aliphatic rings. The van der Waals surface area contributed by atoms with Gasteiger partial charge in [0.05, 0.1) is 16.6 Å². The molecule has 3 aromatic heterocycles. The highest BCUT2D eigenvalue weighted by Crippen LogP contribution is 2.41. The molecule has 212 valence electrons. The molecule has 0 saturated carbocycles. The Morgan fingerprint density at radius 3 is 1.84 bits per heavy atom. The van der Waals surface area contributed by atoms with Crippen molar-refractivity contribution in [3.05, 3.63) is 151 Å². The number of hydrogen-bond donors (Lipinski definition) is 0. The van der Waals surface area contributed by atoms with E-state index in [1.165, 1.54) is 86.6 Å². The zero-order chi connectivity index (χ0) is 29.5. The Kier molecular flexibility index (Phi) is 5.31. The number of hydrogen-bond acceptors (Lipinski definition) is 1. The van der Waals surface area contributed by atoms with E-state index in [2.05, 4.69) is 155 Å². The molecule has 9 aromatic rings. The smallest absolute Gasteiger partial charge is 0.0537 e. The van der Waals surface area contributed by atoms with Crippen LogP contribution in [0.15, 0.2) is 140 Å². The average molecular weight is 593 g/mol. The number of rotatable bonds is 3. The lowest BCUT2D eigenvalue weighted by atomic mass is 9.99. The molecule has 0 atom stereocenters. The van der Waals surface area contributed by atoms with Gasteiger partial charge in [0.2, 0.25) is 0 Å². The summed E-state index contributed by atoms with van der Waals surface area (Å²) in [5.41, 5.74) is 11.6. The van der Waals surface area contributed by atoms with Crippen LogP contribution >= 0.6 is 11.3 Å². The Hall–Kier alpha value is -5.38. The maximum atomic E-state index is 2.51. The lowest BCUT2D eigenvalue weighted by molar-refractivity contribution is 0.873. The fraction of sp³-hybridized carbons (Fsp3) is 0.0476. The van der Waals surface area contributed by atoms with Crippen LogP contribution in [0.3, 0.4) is 0 Å². The number of para-hydroxylation sites is 3. The van der Waals surface area contributed by atoms with Crippen LogP contribution in [-0.2, 0) is 6.42 Å². The van der Waals surface area contributed by atoms with Gasteiger partial charge in [0.25, 0.3) is 0 Å². The first kappa shape index (κ1) is 25.0. The monoisotopic (exact) mass is 592 g/mol. The molecule has 0 saturated heterocycles. The zero-order valence-corrected chi connectivity index (χ0v) is 25.4. The second-order valence-corrected chi connectivity index (χ2v) is 13.2. The van der Waals surface area contributed by atoms with Crippen molar-refractivity contribution in [2.24, 2.45) is 0 Å². The van der Waals surface area contributed by atoms with Crippen LogP contribution < -0.4 is 0 Å². The predicted octanol–water partition coefficient (Wildman–Crippen LogP) is 11.7. The third-order valence-corrected chi connectivity index (χ3v) is 10.8. The molecule has 45 heavy (non-hydrogen) atoms. The first-order chi connectivity index (χ1) is 22.3. The van der Waals surface area contributed by atoms with Crippen LogP contribution in [-0.4, -0.2) is 9.13 Å². The van der Waals surface area contributed by atoms with Crippen molar-refractivity contribution >= 4 is 76.0 Å². The summed E-state index contributed by atoms with van der Waals surface area (Å²) in [5.74, 6) is 0. The van der Waals surface area contributed by atoms with E-state index in [-0.39, 0.29) is 0 Å². The molecule has 1 aliphatic carbocycles. The molecular weight excluding hydrogens is 565 g/mol. The summed E-state index contributed by atoms with van der Waals surface area (Å²) in [4.78, 5) is 0. The minimum atomic E-state index is 0.980. The first-order valence-electron chi connectivity index (χ1n) is 15.7. The number of aromatic nitrogens is 2. The molecule has 0 unspecified atom stereocenters. The van der Waals surface area contributed by atoms with Crippen LogP contribution in [0, 0.1) is 0 Å². The lowest BCUT2D eigenvalue weighted by Gasteiger charge is -2.20. The average Bonchev–Trinajstić information content (AvgIpc) is 3.75. The standard InChI is InChI=1S/C42H28N2S/c1-5-16-37-31(12-1)32-13-2-6-17-38(32)44(37)30-21-22-40-35(26-30)33-14-3-7-18-39(33)43(40)29-11-9-10-27(24-29)28-20-23-42-36(25-28)34-15-4-8-19-41(34)45-42/h1-20,23-26H,21-22H2. The number of thiophene rings is 1. The van der Waals surface area contributed by atoms with Gasteiger partial charge in [-0.05, 0) is 78.6 Å². The van der Waals surface area contributed by atoms with Gasteiger partial charge in [-0.1, -0.05) is 91.0 Å². The summed E-state index contributed by atoms with van der Waals surface area (Å²) >= 11 is 1.87. The molecule has 3 heterocycles. The Morgan fingerprint density at radius 2 is 1.07 bits per heavy atom. The molecule has 6 aromatic carbocycles. The zero-order valence-electron chi connectivity index (χ0n) is 24.6. The Morgan fingerprint density at radius 1 is 0.444 bits per heavy atom. The molecule has 3 heteroatoms. The molecule has 2 nitrogen and oxygen atoms in total. The van der Waals surface area contributed by atoms with Gasteiger partial charge in [0.1, 0.15) is 0 Å². The Balaban J connectivity index is 1.15. The Labute approximate surface area is 264 Å². The summed E-state index contributed by atoms with van der Waals surface area (Å²) in [5, 5.41) is 6.61. The van der Waals surface area contributed by atoms with E-state index in [4.69, 9.17) is 0 Å². The van der Waals surface area contributed by atoms with Gasteiger partial charge >= 0.3 is 0 Å². The van der Waals surface area contributed by atoms with E-state index in [1.54, 1.807) is 0 Å². The number of allylic oxidation sites excluding steroid dienone is 1. The van der Waals surface area contributed by atoms with E-state index in [0.29, 0.717) is 0 Å². The maximum Gasteiger partial charge on any atom is 0.0537 e. The summed E-state index contributed by atoms with van der Waals surface area (Å²) in [6, 6.07) is 51.3. The normalized spacial score (nSPS) is 13.3. The Bertz CT molecular complexity index is 2610. The van der Waals surface area contributed by atoms with E-state index >= 15 is 0 Å². The molecule has 10 rings (SSSR count). The van der Waals surface area contributed by atoms with E-state index in [9.17, 15) is 0 Å². The molecule has 0 fully saturated rings. The fourth-order valence-corrected chi connectivity index (χ4v) is 8.73. The van der Waals surface area contributed by atoms with Crippen LogP contribution in [0.5, 0.6) is 0 Å². The topological polar surface area (TPSA) is 9.86 Å². The number of benzene rings is 6. The fourth-order valence-electron chi connectivity index (χ4n) is 7.64. The highest BCUT2D eigenvalue weighted by Gasteiger charge is 2.23. The predicted molar refractivity (Wildman–Crippen MR) is 194 cm³/mol. The number of nitrogens with zero attached hydrogens (tertiary/aromatic N) is 2. The van der Waals surface area contributed by atoms with E-state index < -0.39 is 0 Å². The van der Waals surface area contributed by atoms with Crippen molar-refractivity contribution < 1.29 is 0 Å². The van der Waals surface area contributed by atoms with Crippen LogP contribution in [0.2, 0.25) is 0 Å². The SMILES string of the molecule is C1=C(n2c3ccccc3c3ccccc32)CCc2c1c1ccccc1n2-c1cccc(-c2ccc3sc4ccccc4c3c2)c1. The quantitative estimate of drug-likeness (QED) is 0.193. The van der Waals surface area contributed by atoms with E-state index in [1.807, 2.05) is 11.3 Å². The largest absolute Gasteiger partial charge is 0.313 e. The first-order valence-corrected chi connectivity index (χ1v) is 16.5. The number of fused-ring (bicyclic) bond motifs is 9. The molecule has 0 spiro atoms. The van der Waals surface area contributed by atoms with E-state index in [0.717, 1.165) is 12.8 Å². The second kappa shape index (κ2) is 9.56. The minimum absolute atomic E-state index is 0.980. The molecule has 0 amide bonds. The van der Waals surface area contributed by atoms with Crippen molar-refractivity contribution in [3.63, 3.8) is 0 Å². The van der Waals surface area contributed by atoms with Crippen LogP contribution in [0.1, 0.15) is 17.7 Å². The van der Waals surface area contributed by atoms with Crippen LogP contribution in [0.4, 0.5) is 0 Å². The summed E-state index contributed by atoms with van der Waals surface area (Å²) in [6.07, 6.45) is 4.41. The summed E-state index contributed by atoms with van der Waals surface area (Å²) in [7, 11) is 0. The van der Waals surface area contributed by atoms with Gasteiger partial charge in [-0.3, -0.25) is 0 Å². The molecule has 0 N–H and O–H groups in total. The van der Waals surface area contributed by atoms with Gasteiger partial charge in [-0.2, -0.15) is 0 Å². The maximum absolute atomic E-state index is 2.51. The van der Waals surface area contributed by atoms with Crippen molar-refractivity contribution in [2.45, 2.75) is 12.8 Å². The van der Waals surface area contributed by atoms with Gasteiger partial charge in [-0.25, -0.2) is 0 Å². The van der Waals surface area contributed by atoms with Crippen molar-refractivity contribution in [1.29, 1.82) is 0 Å². The second-order valence-electron chi connectivity index (χ2n) is 12.1. The molecular formula is C42H28N2S. The molecule has 0 aliphatic heterocycles. The van der Waals surface area contributed by atoms with Crippen molar-refractivity contribution in [3.8, 4) is 16.8 Å². The van der Waals surface area contributed by atoms with Crippen molar-refractivity contribution in [1.82, 2.24) is 9.13 Å². The van der Waals surface area contributed by atoms with Gasteiger partial charge in [-0.15, -0.1) is 11.3 Å². The third kappa shape index (κ3) is 3.68. The summed E-state index contributed by atoms with van der Waals surface area (Å²) in [6.45, 7) is 0. The highest BCUT2D eigenvalue weighted by molar-refractivity contribution is 7.25. The molecule has 0 bridgehead atoms. The third-order valence-electron chi connectivity index (χ3n) is 9.63. The van der Waals surface area contributed by atoms with Crippen LogP contribution in [0.25, 0.3) is 81.5 Å². The lowest BCUT2D eigenvalue weighted by Crippen LogP contribution is -2.08. The highest BCUT2D eigenvalue weighted by atomic mass is 32.1. The van der Waals surface area contributed by atoms with Crippen molar-refractivity contribution in [2.75, 3.05) is 0 Å².